The molecule has 0 aliphatic rings. The fourth-order valence-corrected chi connectivity index (χ4v) is 2.29. The Balaban J connectivity index is 3.00. The van der Waals surface area contributed by atoms with Crippen LogP contribution in [0, 0.1) is 5.92 Å². The molecule has 2 atom stereocenters. The highest BCUT2D eigenvalue weighted by Crippen LogP contribution is 2.32. The number of nitrogens with two attached hydrogens (primary N) is 1. The molecule has 17 heavy (non-hydrogen) atoms. The third kappa shape index (κ3) is 3.59. The molecule has 0 aliphatic carbocycles. The molecule has 0 aromatic heterocycles. The minimum absolute atomic E-state index is 0.0593. The second-order valence-corrected chi connectivity index (χ2v) is 5.12. The first-order valence-electron chi connectivity index (χ1n) is 5.80. The number of ether oxygens (including phenoxy) is 1. The second-order valence-electron chi connectivity index (χ2n) is 4.33. The van der Waals surface area contributed by atoms with Gasteiger partial charge in [-0.2, -0.15) is 0 Å². The van der Waals surface area contributed by atoms with Gasteiger partial charge in [0.1, 0.15) is 0 Å². The molecule has 0 spiro atoms. The largest absolute Gasteiger partial charge is 0.376 e. The van der Waals surface area contributed by atoms with E-state index in [1.54, 1.807) is 6.07 Å². The lowest BCUT2D eigenvalue weighted by molar-refractivity contribution is 0.0122. The molecule has 4 heteroatoms. The Morgan fingerprint density at radius 1 is 1.29 bits per heavy atom. The number of halogens is 2. The van der Waals surface area contributed by atoms with E-state index in [0.717, 1.165) is 5.56 Å². The van der Waals surface area contributed by atoms with Crippen molar-refractivity contribution >= 4 is 23.2 Å². The molecule has 0 bridgehead atoms. The predicted molar refractivity (Wildman–Crippen MR) is 73.6 cm³/mol. The van der Waals surface area contributed by atoms with E-state index in [-0.39, 0.29) is 12.1 Å². The third-order valence-electron chi connectivity index (χ3n) is 2.71. The molecule has 0 radical (unpaired) electrons. The summed E-state index contributed by atoms with van der Waals surface area (Å²) in [6, 6.07) is 5.24. The maximum atomic E-state index is 6.23. The van der Waals surface area contributed by atoms with Crippen LogP contribution >= 0.6 is 23.2 Å². The van der Waals surface area contributed by atoms with Crippen LogP contribution in [0.25, 0.3) is 0 Å². The summed E-state index contributed by atoms with van der Waals surface area (Å²) >= 11 is 12.2. The van der Waals surface area contributed by atoms with Gasteiger partial charge in [-0.05, 0) is 24.5 Å². The maximum absolute atomic E-state index is 6.23. The number of benzene rings is 1. The second kappa shape index (κ2) is 6.60. The van der Waals surface area contributed by atoms with Gasteiger partial charge in [0.15, 0.2) is 0 Å². The summed E-state index contributed by atoms with van der Waals surface area (Å²) < 4.78 is 5.69. The predicted octanol–water partition coefficient (Wildman–Crippen LogP) is 4.05. The molecule has 0 saturated carbocycles. The van der Waals surface area contributed by atoms with Crippen LogP contribution in [0.4, 0.5) is 0 Å². The Kier molecular flexibility index (Phi) is 5.74. The van der Waals surface area contributed by atoms with Crippen LogP contribution in [-0.4, -0.2) is 12.7 Å². The zero-order valence-electron chi connectivity index (χ0n) is 10.4. The molecule has 2 unspecified atom stereocenters. The lowest BCUT2D eigenvalue weighted by Crippen LogP contribution is -2.33. The van der Waals surface area contributed by atoms with E-state index in [1.807, 2.05) is 19.1 Å². The van der Waals surface area contributed by atoms with E-state index >= 15 is 0 Å². The van der Waals surface area contributed by atoms with Crippen molar-refractivity contribution in [2.75, 3.05) is 6.61 Å². The first-order chi connectivity index (χ1) is 7.99. The molecular formula is C13H19Cl2NO. The van der Waals surface area contributed by atoms with E-state index < -0.39 is 0 Å². The van der Waals surface area contributed by atoms with Crippen molar-refractivity contribution in [3.05, 3.63) is 33.8 Å². The summed E-state index contributed by atoms with van der Waals surface area (Å²) in [4.78, 5) is 0. The van der Waals surface area contributed by atoms with E-state index in [2.05, 4.69) is 13.8 Å². The van der Waals surface area contributed by atoms with Crippen molar-refractivity contribution in [3.8, 4) is 0 Å². The van der Waals surface area contributed by atoms with E-state index in [4.69, 9.17) is 33.7 Å². The first kappa shape index (κ1) is 14.8. The van der Waals surface area contributed by atoms with Crippen molar-refractivity contribution < 1.29 is 4.74 Å². The molecule has 2 N–H and O–H groups in total. The summed E-state index contributed by atoms with van der Waals surface area (Å²) in [6.07, 6.45) is -0.0593. The minimum atomic E-state index is -0.263. The van der Waals surface area contributed by atoms with Gasteiger partial charge >= 0.3 is 0 Å². The van der Waals surface area contributed by atoms with Crippen LogP contribution in [0.15, 0.2) is 18.2 Å². The fraction of sp³-hybridized carbons (Fsp3) is 0.538. The van der Waals surface area contributed by atoms with Crippen LogP contribution in [0.2, 0.25) is 10.0 Å². The standard InChI is InChI=1S/C13H19Cl2NO/c1-4-17-13(8(2)3)12(16)9-6-5-7-10(14)11(9)15/h5-8,12-13H,4,16H2,1-3H3. The van der Waals surface area contributed by atoms with Crippen molar-refractivity contribution in [2.24, 2.45) is 11.7 Å². The topological polar surface area (TPSA) is 35.2 Å². The summed E-state index contributed by atoms with van der Waals surface area (Å²) in [5.41, 5.74) is 7.07. The van der Waals surface area contributed by atoms with Gasteiger partial charge in [-0.1, -0.05) is 49.2 Å². The van der Waals surface area contributed by atoms with Gasteiger partial charge in [-0.25, -0.2) is 0 Å². The van der Waals surface area contributed by atoms with Gasteiger partial charge in [0.2, 0.25) is 0 Å². The van der Waals surface area contributed by atoms with Gasteiger partial charge in [-0.15, -0.1) is 0 Å². The molecular weight excluding hydrogens is 257 g/mol. The van der Waals surface area contributed by atoms with Crippen LogP contribution in [0.3, 0.4) is 0 Å². The molecule has 1 rings (SSSR count). The van der Waals surface area contributed by atoms with Gasteiger partial charge in [0, 0.05) is 6.61 Å². The molecule has 0 saturated heterocycles. The molecule has 1 aromatic carbocycles. The average molecular weight is 276 g/mol. The van der Waals surface area contributed by atoms with Crippen LogP contribution < -0.4 is 5.73 Å². The van der Waals surface area contributed by atoms with Crippen molar-refractivity contribution in [3.63, 3.8) is 0 Å². The maximum Gasteiger partial charge on any atom is 0.0790 e. The Hall–Kier alpha value is -0.280. The highest BCUT2D eigenvalue weighted by Gasteiger charge is 2.25. The fourth-order valence-electron chi connectivity index (χ4n) is 1.86. The van der Waals surface area contributed by atoms with Crippen LogP contribution in [-0.2, 0) is 4.74 Å². The van der Waals surface area contributed by atoms with E-state index in [1.165, 1.54) is 0 Å². The molecule has 0 fully saturated rings. The Labute approximate surface area is 113 Å². The number of hydrogen-bond donors (Lipinski definition) is 1. The summed E-state index contributed by atoms with van der Waals surface area (Å²) in [7, 11) is 0. The van der Waals surface area contributed by atoms with Gasteiger partial charge in [0.25, 0.3) is 0 Å². The Morgan fingerprint density at radius 2 is 1.94 bits per heavy atom. The molecule has 0 heterocycles. The van der Waals surface area contributed by atoms with E-state index in [9.17, 15) is 0 Å². The summed E-state index contributed by atoms with van der Waals surface area (Å²) in [6.45, 7) is 6.76. The molecule has 96 valence electrons. The van der Waals surface area contributed by atoms with Gasteiger partial charge in [-0.3, -0.25) is 0 Å². The highest BCUT2D eigenvalue weighted by molar-refractivity contribution is 6.42. The lowest BCUT2D eigenvalue weighted by atomic mass is 9.94. The normalized spacial score (nSPS) is 15.0. The zero-order valence-corrected chi connectivity index (χ0v) is 11.9. The third-order valence-corrected chi connectivity index (χ3v) is 3.54. The lowest BCUT2D eigenvalue weighted by Gasteiger charge is -2.28. The van der Waals surface area contributed by atoms with Crippen LogP contribution in [0.1, 0.15) is 32.4 Å². The van der Waals surface area contributed by atoms with E-state index in [0.29, 0.717) is 22.6 Å². The Morgan fingerprint density at radius 3 is 2.47 bits per heavy atom. The minimum Gasteiger partial charge on any atom is -0.376 e. The number of rotatable bonds is 5. The highest BCUT2D eigenvalue weighted by atomic mass is 35.5. The quantitative estimate of drug-likeness (QED) is 0.880. The number of hydrogen-bond acceptors (Lipinski definition) is 2. The van der Waals surface area contributed by atoms with Crippen molar-refractivity contribution in [2.45, 2.75) is 32.9 Å². The molecule has 0 aliphatic heterocycles. The summed E-state index contributed by atoms with van der Waals surface area (Å²) in [5.74, 6) is 0.319. The van der Waals surface area contributed by atoms with Crippen molar-refractivity contribution in [1.29, 1.82) is 0 Å². The zero-order chi connectivity index (χ0) is 13.0. The smallest absolute Gasteiger partial charge is 0.0790 e. The van der Waals surface area contributed by atoms with Gasteiger partial charge < -0.3 is 10.5 Å². The average Bonchev–Trinajstić information content (AvgIpc) is 2.28. The van der Waals surface area contributed by atoms with Gasteiger partial charge in [0.05, 0.1) is 22.2 Å². The monoisotopic (exact) mass is 275 g/mol. The van der Waals surface area contributed by atoms with Crippen LogP contribution in [0.5, 0.6) is 0 Å². The molecule has 1 aromatic rings. The molecule has 0 amide bonds. The first-order valence-corrected chi connectivity index (χ1v) is 6.55. The molecule has 2 nitrogen and oxygen atoms in total. The Bertz CT molecular complexity index is 368. The SMILES string of the molecule is CCOC(C(C)C)C(N)c1cccc(Cl)c1Cl. The van der Waals surface area contributed by atoms with Crippen molar-refractivity contribution in [1.82, 2.24) is 0 Å². The summed E-state index contributed by atoms with van der Waals surface area (Å²) in [5, 5.41) is 1.05.